The van der Waals surface area contributed by atoms with E-state index < -0.39 is 0 Å². The van der Waals surface area contributed by atoms with E-state index in [1.165, 1.54) is 4.68 Å². The van der Waals surface area contributed by atoms with Crippen LogP contribution in [0.4, 0.5) is 5.69 Å². The number of nitrogens with two attached hydrogens (primary N) is 1. The van der Waals surface area contributed by atoms with Gasteiger partial charge in [0.2, 0.25) is 0 Å². The smallest absolute Gasteiger partial charge is 0.277 e. The van der Waals surface area contributed by atoms with Crippen LogP contribution in [0.5, 0.6) is 0 Å². The lowest BCUT2D eigenvalue weighted by molar-refractivity contribution is 0.0723. The first-order valence-electron chi connectivity index (χ1n) is 5.18. The summed E-state index contributed by atoms with van der Waals surface area (Å²) in [5.74, 6) is -0.159. The molecule has 5 nitrogen and oxygen atoms in total. The number of anilines is 1. The molecule has 0 aliphatic heterocycles. The van der Waals surface area contributed by atoms with Crippen molar-refractivity contribution in [3.8, 4) is 0 Å². The maximum atomic E-state index is 12.1. The molecule has 0 aliphatic carbocycles. The Morgan fingerprint density at radius 1 is 1.75 bits per heavy atom. The van der Waals surface area contributed by atoms with Crippen molar-refractivity contribution in [1.29, 1.82) is 0 Å². The molecule has 0 saturated heterocycles. The Bertz CT molecular complexity index is 395. The summed E-state index contributed by atoms with van der Waals surface area (Å²) in [6.07, 6.45) is 3.32. The molecule has 16 heavy (non-hydrogen) atoms. The third kappa shape index (κ3) is 2.42. The second kappa shape index (κ2) is 4.83. The predicted octanol–water partition coefficient (Wildman–Crippen LogP) is 1.04. The van der Waals surface area contributed by atoms with E-state index in [0.717, 1.165) is 0 Å². The zero-order valence-corrected chi connectivity index (χ0v) is 9.97. The van der Waals surface area contributed by atoms with Crippen LogP contribution in [0.1, 0.15) is 24.3 Å². The van der Waals surface area contributed by atoms with Gasteiger partial charge < -0.3 is 10.6 Å². The minimum absolute atomic E-state index is 0.0897. The van der Waals surface area contributed by atoms with Crippen molar-refractivity contribution in [2.45, 2.75) is 19.9 Å². The summed E-state index contributed by atoms with van der Waals surface area (Å²) in [7, 11) is 1.74. The minimum Gasteiger partial charge on any atom is -0.396 e. The number of nitrogen functional groups attached to an aromatic ring is 1. The van der Waals surface area contributed by atoms with Crippen LogP contribution in [-0.2, 0) is 7.05 Å². The molecule has 0 atom stereocenters. The van der Waals surface area contributed by atoms with Gasteiger partial charge in [0.05, 0.1) is 5.69 Å². The largest absolute Gasteiger partial charge is 0.396 e. The van der Waals surface area contributed by atoms with Crippen LogP contribution in [0.2, 0.25) is 0 Å². The maximum Gasteiger partial charge on any atom is 0.277 e. The molecule has 1 heterocycles. The molecule has 0 bridgehead atoms. The van der Waals surface area contributed by atoms with Gasteiger partial charge in [-0.25, -0.2) is 0 Å². The Morgan fingerprint density at radius 2 is 2.38 bits per heavy atom. The molecule has 5 heteroatoms. The fourth-order valence-electron chi connectivity index (χ4n) is 1.48. The molecule has 0 spiro atoms. The predicted molar refractivity (Wildman–Crippen MR) is 64.0 cm³/mol. The number of carbonyl (C=O) groups is 1. The lowest BCUT2D eigenvalue weighted by Gasteiger charge is -2.24. The number of aromatic nitrogens is 2. The molecule has 2 N–H and O–H groups in total. The lowest BCUT2D eigenvalue weighted by Crippen LogP contribution is -2.37. The van der Waals surface area contributed by atoms with Crippen LogP contribution < -0.4 is 5.73 Å². The van der Waals surface area contributed by atoms with Gasteiger partial charge in [-0.3, -0.25) is 9.48 Å². The number of rotatable bonds is 4. The van der Waals surface area contributed by atoms with Gasteiger partial charge in [-0.2, -0.15) is 5.10 Å². The van der Waals surface area contributed by atoms with E-state index in [1.807, 2.05) is 13.8 Å². The fraction of sp³-hybridized carbons (Fsp3) is 0.455. The van der Waals surface area contributed by atoms with Gasteiger partial charge in [0.1, 0.15) is 0 Å². The van der Waals surface area contributed by atoms with Gasteiger partial charge >= 0.3 is 0 Å². The molecule has 0 radical (unpaired) electrons. The molecule has 1 rings (SSSR count). The second-order valence-corrected chi connectivity index (χ2v) is 3.95. The minimum atomic E-state index is -0.159. The summed E-state index contributed by atoms with van der Waals surface area (Å²) in [6, 6.07) is 0.0897. The van der Waals surface area contributed by atoms with E-state index in [2.05, 4.69) is 11.7 Å². The molecule has 0 fully saturated rings. The van der Waals surface area contributed by atoms with Crippen LogP contribution in [0, 0.1) is 0 Å². The number of nitrogens with zero attached hydrogens (tertiary/aromatic N) is 3. The zero-order chi connectivity index (χ0) is 12.3. The summed E-state index contributed by atoms with van der Waals surface area (Å²) in [5, 5.41) is 4.06. The molecule has 1 amide bonds. The monoisotopic (exact) mass is 222 g/mol. The Kier molecular flexibility index (Phi) is 3.71. The first-order valence-corrected chi connectivity index (χ1v) is 5.18. The second-order valence-electron chi connectivity index (χ2n) is 3.95. The molecule has 1 aromatic heterocycles. The highest BCUT2D eigenvalue weighted by molar-refractivity contribution is 5.97. The number of hydrogen-bond donors (Lipinski definition) is 1. The van der Waals surface area contributed by atoms with Crippen molar-refractivity contribution in [2.75, 3.05) is 12.3 Å². The molecule has 88 valence electrons. The standard InChI is InChI=1S/C11H18N4O/c1-5-6-15(8(2)3)11(16)10-9(12)7-14(4)13-10/h5,7-8H,1,6,12H2,2-4H3. The van der Waals surface area contributed by atoms with Crippen LogP contribution >= 0.6 is 0 Å². The highest BCUT2D eigenvalue weighted by Gasteiger charge is 2.22. The molecule has 0 saturated carbocycles. The molecule has 0 aliphatic rings. The van der Waals surface area contributed by atoms with Crippen LogP contribution in [0.15, 0.2) is 18.9 Å². The van der Waals surface area contributed by atoms with Gasteiger partial charge in [0, 0.05) is 25.8 Å². The summed E-state index contributed by atoms with van der Waals surface area (Å²) < 4.78 is 1.54. The van der Waals surface area contributed by atoms with Crippen molar-refractivity contribution < 1.29 is 4.79 Å². The highest BCUT2D eigenvalue weighted by Crippen LogP contribution is 2.13. The fourth-order valence-corrected chi connectivity index (χ4v) is 1.48. The normalized spacial score (nSPS) is 10.5. The van der Waals surface area contributed by atoms with Gasteiger partial charge in [-0.05, 0) is 13.8 Å². The van der Waals surface area contributed by atoms with Crippen LogP contribution in [0.3, 0.4) is 0 Å². The SMILES string of the molecule is C=CCN(C(=O)c1nn(C)cc1N)C(C)C. The quantitative estimate of drug-likeness (QED) is 0.774. The topological polar surface area (TPSA) is 64.2 Å². The van der Waals surface area contributed by atoms with Gasteiger partial charge in [-0.15, -0.1) is 6.58 Å². The molecule has 0 unspecified atom stereocenters. The Labute approximate surface area is 95.5 Å². The van der Waals surface area contributed by atoms with E-state index in [0.29, 0.717) is 17.9 Å². The van der Waals surface area contributed by atoms with Crippen molar-refractivity contribution in [2.24, 2.45) is 7.05 Å². The third-order valence-corrected chi connectivity index (χ3v) is 2.27. The summed E-state index contributed by atoms with van der Waals surface area (Å²) in [4.78, 5) is 13.8. The average molecular weight is 222 g/mol. The lowest BCUT2D eigenvalue weighted by atomic mass is 10.2. The van der Waals surface area contributed by atoms with Crippen molar-refractivity contribution in [3.63, 3.8) is 0 Å². The maximum absolute atomic E-state index is 12.1. The molecular weight excluding hydrogens is 204 g/mol. The molecule has 0 aromatic carbocycles. The van der Waals surface area contributed by atoms with E-state index in [4.69, 9.17) is 5.73 Å². The van der Waals surface area contributed by atoms with E-state index >= 15 is 0 Å². The van der Waals surface area contributed by atoms with Gasteiger partial charge in [-0.1, -0.05) is 6.08 Å². The highest BCUT2D eigenvalue weighted by atomic mass is 16.2. The van der Waals surface area contributed by atoms with Crippen molar-refractivity contribution in [1.82, 2.24) is 14.7 Å². The van der Waals surface area contributed by atoms with E-state index in [9.17, 15) is 4.79 Å². The Morgan fingerprint density at radius 3 is 2.75 bits per heavy atom. The van der Waals surface area contributed by atoms with Gasteiger partial charge in [0.15, 0.2) is 5.69 Å². The molecule has 1 aromatic rings. The first-order chi connectivity index (χ1) is 7.47. The van der Waals surface area contributed by atoms with Crippen LogP contribution in [0.25, 0.3) is 0 Å². The number of aryl methyl sites for hydroxylation is 1. The van der Waals surface area contributed by atoms with Gasteiger partial charge in [0.25, 0.3) is 5.91 Å². The Balaban J connectivity index is 2.98. The van der Waals surface area contributed by atoms with Crippen molar-refractivity contribution >= 4 is 11.6 Å². The van der Waals surface area contributed by atoms with E-state index in [-0.39, 0.29) is 11.9 Å². The number of carbonyl (C=O) groups excluding carboxylic acids is 1. The van der Waals surface area contributed by atoms with Crippen LogP contribution in [-0.4, -0.2) is 33.2 Å². The van der Waals surface area contributed by atoms with E-state index in [1.54, 1.807) is 24.2 Å². The number of hydrogen-bond acceptors (Lipinski definition) is 3. The Hall–Kier alpha value is -1.78. The first kappa shape index (κ1) is 12.3. The molecular formula is C11H18N4O. The third-order valence-electron chi connectivity index (χ3n) is 2.27. The summed E-state index contributed by atoms with van der Waals surface area (Å²) in [6.45, 7) is 8.02. The zero-order valence-electron chi connectivity index (χ0n) is 9.97. The summed E-state index contributed by atoms with van der Waals surface area (Å²) in [5.41, 5.74) is 6.43. The van der Waals surface area contributed by atoms with Crippen molar-refractivity contribution in [3.05, 3.63) is 24.5 Å². The average Bonchev–Trinajstić information content (AvgIpc) is 2.53. The summed E-state index contributed by atoms with van der Waals surface area (Å²) >= 11 is 0. The number of amides is 1.